The average Bonchev–Trinajstić information content (AvgIpc) is 2.67. The topological polar surface area (TPSA) is 80.4 Å². The minimum Gasteiger partial charge on any atom is -0.335 e. The van der Waals surface area contributed by atoms with E-state index in [1.807, 2.05) is 19.1 Å². The van der Waals surface area contributed by atoms with Gasteiger partial charge in [0.25, 0.3) is 11.5 Å². The van der Waals surface area contributed by atoms with E-state index in [1.54, 1.807) is 17.0 Å². The molecule has 1 aromatic carbocycles. The third kappa shape index (κ3) is 3.32. The molecule has 2 aromatic rings. The predicted octanol–water partition coefficient (Wildman–Crippen LogP) is 0.0173. The lowest BCUT2D eigenvalue weighted by Crippen LogP contribution is -2.51. The van der Waals surface area contributed by atoms with Gasteiger partial charge in [-0.1, -0.05) is 24.6 Å². The zero-order valence-electron chi connectivity index (χ0n) is 15.3. The fraction of sp³-hybridized carbons (Fsp3) is 0.444. The number of hydrogen-bond acceptors (Lipinski definition) is 5. The van der Waals surface area contributed by atoms with E-state index < -0.39 is 17.2 Å². The van der Waals surface area contributed by atoms with Crippen molar-refractivity contribution in [3.63, 3.8) is 0 Å². The van der Waals surface area contributed by atoms with Crippen molar-refractivity contribution < 1.29 is 4.79 Å². The molecule has 0 saturated carbocycles. The van der Waals surface area contributed by atoms with E-state index in [0.29, 0.717) is 18.8 Å². The van der Waals surface area contributed by atoms with Crippen molar-refractivity contribution in [2.24, 2.45) is 7.05 Å². The van der Waals surface area contributed by atoms with Gasteiger partial charge in [0, 0.05) is 33.2 Å². The van der Waals surface area contributed by atoms with Gasteiger partial charge in [0.05, 0.1) is 5.69 Å². The van der Waals surface area contributed by atoms with Crippen LogP contribution in [0.2, 0.25) is 0 Å². The molecule has 26 heavy (non-hydrogen) atoms. The van der Waals surface area contributed by atoms with E-state index in [9.17, 15) is 14.4 Å². The molecule has 0 bridgehead atoms. The first-order chi connectivity index (χ1) is 12.4. The summed E-state index contributed by atoms with van der Waals surface area (Å²) in [6.45, 7) is 7.56. The number of aryl methyl sites for hydroxylation is 1. The van der Waals surface area contributed by atoms with Gasteiger partial charge < -0.3 is 9.80 Å². The molecule has 8 nitrogen and oxygen atoms in total. The van der Waals surface area contributed by atoms with E-state index in [4.69, 9.17) is 0 Å². The lowest BCUT2D eigenvalue weighted by molar-refractivity contribution is 0.0632. The molecule has 0 atom stereocenters. The fourth-order valence-corrected chi connectivity index (χ4v) is 2.98. The minimum atomic E-state index is -0.665. The van der Waals surface area contributed by atoms with E-state index in [1.165, 1.54) is 7.05 Å². The van der Waals surface area contributed by atoms with Crippen molar-refractivity contribution in [1.29, 1.82) is 0 Å². The molecule has 1 aliphatic heterocycles. The smallest absolute Gasteiger partial charge is 0.335 e. The van der Waals surface area contributed by atoms with Crippen LogP contribution in [0.5, 0.6) is 0 Å². The monoisotopic (exact) mass is 357 g/mol. The molecule has 1 aliphatic rings. The highest BCUT2D eigenvalue weighted by Crippen LogP contribution is 2.07. The Morgan fingerprint density at radius 2 is 1.69 bits per heavy atom. The van der Waals surface area contributed by atoms with Crippen LogP contribution in [0.4, 0.5) is 0 Å². The van der Waals surface area contributed by atoms with Crippen LogP contribution in [0.25, 0.3) is 5.69 Å². The fourth-order valence-electron chi connectivity index (χ4n) is 2.98. The zero-order chi connectivity index (χ0) is 18.8. The lowest BCUT2D eigenvalue weighted by Gasteiger charge is -2.33. The zero-order valence-corrected chi connectivity index (χ0v) is 15.3. The number of carbonyl (C=O) groups excluding carboxylic acids is 1. The number of carbonyl (C=O) groups is 1. The molecule has 1 aromatic heterocycles. The van der Waals surface area contributed by atoms with E-state index >= 15 is 0 Å². The standard InChI is InChI=1S/C18H23N5O3/c1-4-21-9-11-22(12-10-21)17(25)15-16(24)20(3)18(26)23(19-15)14-7-5-13(2)6-8-14/h5-8H,4,9-12H2,1-3H3. The number of benzene rings is 1. The van der Waals surface area contributed by atoms with Crippen LogP contribution < -0.4 is 11.2 Å². The van der Waals surface area contributed by atoms with Gasteiger partial charge in [-0.25, -0.2) is 4.79 Å². The summed E-state index contributed by atoms with van der Waals surface area (Å²) in [6.07, 6.45) is 0. The molecule has 1 saturated heterocycles. The highest BCUT2D eigenvalue weighted by Gasteiger charge is 2.26. The SMILES string of the molecule is CCN1CCN(C(=O)c2nn(-c3ccc(C)cc3)c(=O)n(C)c2=O)CC1. The highest BCUT2D eigenvalue weighted by atomic mass is 16.2. The number of rotatable bonds is 3. The molecule has 0 spiro atoms. The summed E-state index contributed by atoms with van der Waals surface area (Å²) in [4.78, 5) is 41.6. The van der Waals surface area contributed by atoms with Gasteiger partial charge in [0.2, 0.25) is 5.69 Å². The molecule has 0 unspecified atom stereocenters. The van der Waals surface area contributed by atoms with Gasteiger partial charge >= 0.3 is 5.69 Å². The van der Waals surface area contributed by atoms with Gasteiger partial charge in [-0.2, -0.15) is 9.78 Å². The molecule has 0 radical (unpaired) electrons. The number of piperazine rings is 1. The van der Waals surface area contributed by atoms with Crippen LogP contribution in [0, 0.1) is 6.92 Å². The van der Waals surface area contributed by atoms with Crippen molar-refractivity contribution in [2.45, 2.75) is 13.8 Å². The van der Waals surface area contributed by atoms with Crippen LogP contribution in [0.1, 0.15) is 23.0 Å². The summed E-state index contributed by atoms with van der Waals surface area (Å²) in [7, 11) is 1.36. The normalized spacial score (nSPS) is 15.3. The van der Waals surface area contributed by atoms with Crippen LogP contribution in [-0.2, 0) is 7.05 Å². The van der Waals surface area contributed by atoms with Crippen LogP contribution >= 0.6 is 0 Å². The van der Waals surface area contributed by atoms with E-state index in [0.717, 1.165) is 34.4 Å². The molecule has 138 valence electrons. The van der Waals surface area contributed by atoms with Crippen molar-refractivity contribution in [3.05, 3.63) is 56.4 Å². The van der Waals surface area contributed by atoms with Gasteiger partial charge in [-0.05, 0) is 25.6 Å². The molecule has 1 fully saturated rings. The number of hydrogen-bond donors (Lipinski definition) is 0. The quantitative estimate of drug-likeness (QED) is 0.774. The Balaban J connectivity index is 2.00. The number of nitrogens with zero attached hydrogens (tertiary/aromatic N) is 5. The van der Waals surface area contributed by atoms with Gasteiger partial charge in [-0.3, -0.25) is 14.2 Å². The first-order valence-electron chi connectivity index (χ1n) is 8.71. The van der Waals surface area contributed by atoms with Crippen molar-refractivity contribution in [3.8, 4) is 5.69 Å². The summed E-state index contributed by atoms with van der Waals surface area (Å²) in [5, 5.41) is 4.11. The molecule has 0 aliphatic carbocycles. The molecular formula is C18H23N5O3. The Kier molecular flexibility index (Phi) is 5.03. The van der Waals surface area contributed by atoms with Crippen LogP contribution in [0.15, 0.2) is 33.9 Å². The Bertz CT molecular complexity index is 921. The molecule has 2 heterocycles. The Morgan fingerprint density at radius 3 is 2.27 bits per heavy atom. The van der Waals surface area contributed by atoms with E-state index in [2.05, 4.69) is 16.9 Å². The molecule has 8 heteroatoms. The number of amides is 1. The predicted molar refractivity (Wildman–Crippen MR) is 97.8 cm³/mol. The van der Waals surface area contributed by atoms with Crippen molar-refractivity contribution >= 4 is 5.91 Å². The first-order valence-corrected chi connectivity index (χ1v) is 8.71. The summed E-state index contributed by atoms with van der Waals surface area (Å²) < 4.78 is 2.04. The Labute approximate surface area is 151 Å². The molecule has 1 amide bonds. The maximum Gasteiger partial charge on any atom is 0.351 e. The Hall–Kier alpha value is -2.74. The second-order valence-electron chi connectivity index (χ2n) is 6.47. The third-order valence-corrected chi connectivity index (χ3v) is 4.76. The van der Waals surface area contributed by atoms with Crippen LogP contribution in [0.3, 0.4) is 0 Å². The van der Waals surface area contributed by atoms with Crippen LogP contribution in [-0.4, -0.2) is 62.8 Å². The van der Waals surface area contributed by atoms with Gasteiger partial charge in [0.15, 0.2) is 0 Å². The minimum absolute atomic E-state index is 0.224. The average molecular weight is 357 g/mol. The van der Waals surface area contributed by atoms with Crippen molar-refractivity contribution in [2.75, 3.05) is 32.7 Å². The van der Waals surface area contributed by atoms with Gasteiger partial charge in [-0.15, -0.1) is 0 Å². The third-order valence-electron chi connectivity index (χ3n) is 4.76. The molecule has 3 rings (SSSR count). The maximum atomic E-state index is 12.8. The van der Waals surface area contributed by atoms with Crippen molar-refractivity contribution in [1.82, 2.24) is 24.1 Å². The second kappa shape index (κ2) is 7.25. The number of aromatic nitrogens is 3. The highest BCUT2D eigenvalue weighted by molar-refractivity contribution is 5.91. The largest absolute Gasteiger partial charge is 0.351 e. The lowest BCUT2D eigenvalue weighted by atomic mass is 10.2. The molecule has 0 N–H and O–H groups in total. The Morgan fingerprint density at radius 1 is 1.08 bits per heavy atom. The first kappa shape index (κ1) is 18.1. The summed E-state index contributed by atoms with van der Waals surface area (Å²) in [6, 6.07) is 7.17. The summed E-state index contributed by atoms with van der Waals surface area (Å²) in [5.41, 5.74) is 0.0860. The van der Waals surface area contributed by atoms with E-state index in [-0.39, 0.29) is 5.69 Å². The maximum absolute atomic E-state index is 12.8. The summed E-state index contributed by atoms with van der Waals surface area (Å²) in [5.74, 6) is -0.429. The second-order valence-corrected chi connectivity index (χ2v) is 6.47. The molecular weight excluding hydrogens is 334 g/mol. The number of likely N-dealkylation sites (N-methyl/N-ethyl adjacent to an activating group) is 1. The summed E-state index contributed by atoms with van der Waals surface area (Å²) >= 11 is 0. The van der Waals surface area contributed by atoms with Gasteiger partial charge in [0.1, 0.15) is 0 Å².